The van der Waals surface area contributed by atoms with E-state index < -0.39 is 5.91 Å². The standard InChI is InChI=1S/C15H14BrClN2O2/c16-13-7-11(17)3-6-14(13)19-8-10-1-4-12(5-2-10)21-9-15(18)20/h1-7,19H,8-9H2,(H2,18,20). The molecule has 0 aliphatic heterocycles. The van der Waals surface area contributed by atoms with E-state index in [1.54, 1.807) is 12.1 Å². The molecule has 0 bridgehead atoms. The first kappa shape index (κ1) is 15.7. The van der Waals surface area contributed by atoms with Crippen molar-refractivity contribution in [2.45, 2.75) is 6.54 Å². The van der Waals surface area contributed by atoms with E-state index in [1.807, 2.05) is 30.3 Å². The zero-order valence-corrected chi connectivity index (χ0v) is 13.4. The molecule has 2 aromatic rings. The van der Waals surface area contributed by atoms with Crippen molar-refractivity contribution in [1.82, 2.24) is 0 Å². The number of benzene rings is 2. The van der Waals surface area contributed by atoms with E-state index in [1.165, 1.54) is 0 Å². The Kier molecular flexibility index (Phi) is 5.47. The Morgan fingerprint density at radius 3 is 2.57 bits per heavy atom. The molecule has 6 heteroatoms. The lowest BCUT2D eigenvalue weighted by molar-refractivity contribution is -0.119. The Balaban J connectivity index is 1.92. The van der Waals surface area contributed by atoms with Crippen LogP contribution < -0.4 is 15.8 Å². The fourth-order valence-corrected chi connectivity index (χ4v) is 2.51. The second-order valence-electron chi connectivity index (χ2n) is 4.38. The van der Waals surface area contributed by atoms with Crippen LogP contribution in [0.1, 0.15) is 5.56 Å². The Morgan fingerprint density at radius 2 is 1.95 bits per heavy atom. The molecule has 2 aromatic carbocycles. The molecule has 110 valence electrons. The molecule has 21 heavy (non-hydrogen) atoms. The van der Waals surface area contributed by atoms with Crippen LogP contribution in [0.25, 0.3) is 0 Å². The number of hydrogen-bond acceptors (Lipinski definition) is 3. The number of hydrogen-bond donors (Lipinski definition) is 2. The predicted molar refractivity (Wildman–Crippen MR) is 87.6 cm³/mol. The van der Waals surface area contributed by atoms with Crippen molar-refractivity contribution in [2.75, 3.05) is 11.9 Å². The van der Waals surface area contributed by atoms with Gasteiger partial charge in [0.15, 0.2) is 6.61 Å². The van der Waals surface area contributed by atoms with Crippen molar-refractivity contribution >= 4 is 39.1 Å². The highest BCUT2D eigenvalue weighted by molar-refractivity contribution is 9.10. The van der Waals surface area contributed by atoms with Crippen LogP contribution in [0.3, 0.4) is 0 Å². The average Bonchev–Trinajstić information content (AvgIpc) is 2.45. The van der Waals surface area contributed by atoms with E-state index in [4.69, 9.17) is 22.1 Å². The molecule has 0 fully saturated rings. The maximum atomic E-state index is 10.6. The zero-order valence-electron chi connectivity index (χ0n) is 11.1. The number of carbonyl (C=O) groups is 1. The summed E-state index contributed by atoms with van der Waals surface area (Å²) in [6.07, 6.45) is 0. The second-order valence-corrected chi connectivity index (χ2v) is 5.67. The van der Waals surface area contributed by atoms with Gasteiger partial charge < -0.3 is 15.8 Å². The molecule has 2 rings (SSSR count). The number of rotatable bonds is 6. The van der Waals surface area contributed by atoms with E-state index in [0.717, 1.165) is 15.7 Å². The SMILES string of the molecule is NC(=O)COc1ccc(CNc2ccc(Cl)cc2Br)cc1. The van der Waals surface area contributed by atoms with Gasteiger partial charge in [0.2, 0.25) is 0 Å². The number of ether oxygens (including phenoxy) is 1. The highest BCUT2D eigenvalue weighted by Crippen LogP contribution is 2.26. The quantitative estimate of drug-likeness (QED) is 0.818. The normalized spacial score (nSPS) is 10.2. The van der Waals surface area contributed by atoms with Gasteiger partial charge in [-0.3, -0.25) is 4.79 Å². The third-order valence-electron chi connectivity index (χ3n) is 2.72. The van der Waals surface area contributed by atoms with Gasteiger partial charge in [0.05, 0.1) is 0 Å². The molecule has 0 unspecified atom stereocenters. The fourth-order valence-electron chi connectivity index (χ4n) is 1.69. The molecule has 1 amide bonds. The maximum Gasteiger partial charge on any atom is 0.255 e. The van der Waals surface area contributed by atoms with E-state index >= 15 is 0 Å². The summed E-state index contributed by atoms with van der Waals surface area (Å²) >= 11 is 9.35. The van der Waals surface area contributed by atoms with Crippen LogP contribution in [-0.4, -0.2) is 12.5 Å². The zero-order chi connectivity index (χ0) is 15.2. The molecular formula is C15H14BrClN2O2. The minimum atomic E-state index is -0.492. The molecule has 0 aliphatic carbocycles. The first-order chi connectivity index (χ1) is 10.0. The van der Waals surface area contributed by atoms with Crippen molar-refractivity contribution in [1.29, 1.82) is 0 Å². The molecule has 0 saturated carbocycles. The first-order valence-corrected chi connectivity index (χ1v) is 7.40. The summed E-state index contributed by atoms with van der Waals surface area (Å²) in [4.78, 5) is 10.6. The molecule has 0 radical (unpaired) electrons. The van der Waals surface area contributed by atoms with Crippen LogP contribution in [0, 0.1) is 0 Å². The Morgan fingerprint density at radius 1 is 1.24 bits per heavy atom. The summed E-state index contributed by atoms with van der Waals surface area (Å²) in [7, 11) is 0. The van der Waals surface area contributed by atoms with Gasteiger partial charge >= 0.3 is 0 Å². The molecule has 3 N–H and O–H groups in total. The number of carbonyl (C=O) groups excluding carboxylic acids is 1. The summed E-state index contributed by atoms with van der Waals surface area (Å²) < 4.78 is 6.11. The third kappa shape index (κ3) is 4.95. The first-order valence-electron chi connectivity index (χ1n) is 6.23. The van der Waals surface area contributed by atoms with Crippen LogP contribution in [0.15, 0.2) is 46.9 Å². The van der Waals surface area contributed by atoms with Crippen LogP contribution in [0.2, 0.25) is 5.02 Å². The number of halogens is 2. The lowest BCUT2D eigenvalue weighted by atomic mass is 10.2. The van der Waals surface area contributed by atoms with Crippen molar-refractivity contribution in [3.05, 3.63) is 57.5 Å². The van der Waals surface area contributed by atoms with Crippen LogP contribution in [0.5, 0.6) is 5.75 Å². The van der Waals surface area contributed by atoms with E-state index in [-0.39, 0.29) is 6.61 Å². The van der Waals surface area contributed by atoms with Gasteiger partial charge in [0.1, 0.15) is 5.75 Å². The van der Waals surface area contributed by atoms with Crippen molar-refractivity contribution in [3.8, 4) is 5.75 Å². The third-order valence-corrected chi connectivity index (χ3v) is 3.61. The summed E-state index contributed by atoms with van der Waals surface area (Å²) in [5.74, 6) is 0.124. The second kappa shape index (κ2) is 7.33. The smallest absolute Gasteiger partial charge is 0.255 e. The van der Waals surface area contributed by atoms with Gasteiger partial charge in [-0.15, -0.1) is 0 Å². The van der Waals surface area contributed by atoms with Gasteiger partial charge in [0.25, 0.3) is 5.91 Å². The number of nitrogens with one attached hydrogen (secondary N) is 1. The highest BCUT2D eigenvalue weighted by atomic mass is 79.9. The largest absolute Gasteiger partial charge is 0.484 e. The highest BCUT2D eigenvalue weighted by Gasteiger charge is 2.02. The Hall–Kier alpha value is -1.72. The van der Waals surface area contributed by atoms with Gasteiger partial charge in [-0.25, -0.2) is 0 Å². The minimum absolute atomic E-state index is 0.116. The molecular weight excluding hydrogens is 356 g/mol. The molecule has 0 atom stereocenters. The predicted octanol–water partition coefficient (Wildman–Crippen LogP) is 3.58. The summed E-state index contributed by atoms with van der Waals surface area (Å²) in [6.45, 7) is 0.547. The Bertz CT molecular complexity index is 632. The molecule has 4 nitrogen and oxygen atoms in total. The van der Waals surface area contributed by atoms with Crippen molar-refractivity contribution in [2.24, 2.45) is 5.73 Å². The lowest BCUT2D eigenvalue weighted by Crippen LogP contribution is -2.19. The summed E-state index contributed by atoms with van der Waals surface area (Å²) in [5, 5.41) is 3.99. The van der Waals surface area contributed by atoms with Gasteiger partial charge in [-0.2, -0.15) is 0 Å². The fraction of sp³-hybridized carbons (Fsp3) is 0.133. The van der Waals surface area contributed by atoms with Gasteiger partial charge in [0, 0.05) is 21.7 Å². The Labute approximate surface area is 136 Å². The van der Waals surface area contributed by atoms with Gasteiger partial charge in [-0.05, 0) is 51.8 Å². The monoisotopic (exact) mass is 368 g/mol. The number of nitrogens with two attached hydrogens (primary N) is 1. The molecule has 0 heterocycles. The number of amides is 1. The van der Waals surface area contributed by atoms with E-state index in [2.05, 4.69) is 21.2 Å². The van der Waals surface area contributed by atoms with Gasteiger partial charge in [-0.1, -0.05) is 23.7 Å². The molecule has 0 spiro atoms. The molecule has 0 saturated heterocycles. The van der Waals surface area contributed by atoms with Crippen LogP contribution in [0.4, 0.5) is 5.69 Å². The maximum absolute atomic E-state index is 10.6. The van der Waals surface area contributed by atoms with E-state index in [9.17, 15) is 4.79 Å². The molecule has 0 aliphatic rings. The summed E-state index contributed by atoms with van der Waals surface area (Å²) in [6, 6.07) is 13.0. The lowest BCUT2D eigenvalue weighted by Gasteiger charge is -2.10. The van der Waals surface area contributed by atoms with Crippen molar-refractivity contribution in [3.63, 3.8) is 0 Å². The number of anilines is 1. The van der Waals surface area contributed by atoms with E-state index in [0.29, 0.717) is 17.3 Å². The average molecular weight is 370 g/mol. The summed E-state index contributed by atoms with van der Waals surface area (Å²) in [5.41, 5.74) is 7.07. The van der Waals surface area contributed by atoms with Crippen LogP contribution >= 0.6 is 27.5 Å². The topological polar surface area (TPSA) is 64.4 Å². The minimum Gasteiger partial charge on any atom is -0.484 e. The van der Waals surface area contributed by atoms with Crippen LogP contribution in [-0.2, 0) is 11.3 Å². The molecule has 0 aromatic heterocycles. The van der Waals surface area contributed by atoms with Crippen molar-refractivity contribution < 1.29 is 9.53 Å². The number of primary amides is 1.